The molecule has 0 bridgehead atoms. The Balaban J connectivity index is 1.27. The predicted molar refractivity (Wildman–Crippen MR) is 107 cm³/mol. The van der Waals surface area contributed by atoms with Gasteiger partial charge in [0.25, 0.3) is 0 Å². The molecule has 2 aromatic rings. The van der Waals surface area contributed by atoms with E-state index in [0.717, 1.165) is 42.9 Å². The molecule has 7 heteroatoms. The van der Waals surface area contributed by atoms with Crippen LogP contribution in [0, 0.1) is 0 Å². The number of ketones is 1. The van der Waals surface area contributed by atoms with Crippen molar-refractivity contribution >= 4 is 11.9 Å². The Morgan fingerprint density at radius 2 is 1.97 bits per heavy atom. The van der Waals surface area contributed by atoms with E-state index < -0.39 is 0 Å². The van der Waals surface area contributed by atoms with Gasteiger partial charge in [0, 0.05) is 19.7 Å². The van der Waals surface area contributed by atoms with Crippen molar-refractivity contribution in [3.8, 4) is 23.0 Å². The van der Waals surface area contributed by atoms with Gasteiger partial charge in [-0.3, -0.25) is 9.69 Å². The molecule has 6 rings (SSSR count). The van der Waals surface area contributed by atoms with Gasteiger partial charge in [-0.1, -0.05) is 6.07 Å². The van der Waals surface area contributed by atoms with E-state index in [1.807, 2.05) is 24.3 Å². The Hall–Kier alpha value is -3.03. The maximum absolute atomic E-state index is 13.0. The Morgan fingerprint density at radius 3 is 2.87 bits per heavy atom. The lowest BCUT2D eigenvalue weighted by atomic mass is 10.0. The molecule has 0 saturated carbocycles. The summed E-state index contributed by atoms with van der Waals surface area (Å²) in [5.74, 6) is 2.92. The molecule has 7 nitrogen and oxygen atoms in total. The van der Waals surface area contributed by atoms with Crippen LogP contribution >= 0.6 is 0 Å². The van der Waals surface area contributed by atoms with E-state index in [1.54, 1.807) is 12.1 Å². The van der Waals surface area contributed by atoms with Crippen LogP contribution in [0.3, 0.4) is 0 Å². The maximum atomic E-state index is 13.0. The van der Waals surface area contributed by atoms with Gasteiger partial charge in [0.1, 0.15) is 18.2 Å². The summed E-state index contributed by atoms with van der Waals surface area (Å²) in [5.41, 5.74) is 2.31. The number of nitrogens with zero attached hydrogens (tertiary/aromatic N) is 1. The van der Waals surface area contributed by atoms with E-state index in [9.17, 15) is 4.79 Å². The largest absolute Gasteiger partial charge is 0.478 e. The van der Waals surface area contributed by atoms with E-state index >= 15 is 0 Å². The van der Waals surface area contributed by atoms with E-state index in [0.29, 0.717) is 41.8 Å². The molecule has 2 aromatic carbocycles. The second-order valence-corrected chi connectivity index (χ2v) is 7.89. The summed E-state index contributed by atoms with van der Waals surface area (Å²) in [6, 6.07) is 9.20. The first-order valence-electron chi connectivity index (χ1n) is 10.2. The Kier molecular flexibility index (Phi) is 4.17. The van der Waals surface area contributed by atoms with E-state index in [2.05, 4.69) is 4.90 Å². The fourth-order valence-electron chi connectivity index (χ4n) is 4.35. The van der Waals surface area contributed by atoms with Crippen molar-refractivity contribution in [3.63, 3.8) is 0 Å². The molecule has 1 saturated heterocycles. The first-order chi connectivity index (χ1) is 14.7. The van der Waals surface area contributed by atoms with Crippen LogP contribution in [0.5, 0.6) is 23.0 Å². The van der Waals surface area contributed by atoms with Crippen LogP contribution in [-0.4, -0.2) is 43.5 Å². The standard InChI is InChI=1S/C23H21NO6/c25-22-16-4-6-18-17(11-24(12-27-18)10-15-2-1-7-26-15)23(16)30-21(22)9-14-3-5-19-20(8-14)29-13-28-19/h3-6,8-9,15H,1-2,7,10-13H2/t15-/m0/s1. The zero-order valence-corrected chi connectivity index (χ0v) is 16.4. The summed E-state index contributed by atoms with van der Waals surface area (Å²) >= 11 is 0. The van der Waals surface area contributed by atoms with Crippen molar-refractivity contribution in [1.29, 1.82) is 0 Å². The third-order valence-corrected chi connectivity index (χ3v) is 5.86. The van der Waals surface area contributed by atoms with Crippen LogP contribution in [-0.2, 0) is 11.3 Å². The van der Waals surface area contributed by atoms with Crippen LogP contribution in [0.4, 0.5) is 0 Å². The lowest BCUT2D eigenvalue weighted by Gasteiger charge is -2.31. The maximum Gasteiger partial charge on any atom is 0.231 e. The molecular weight excluding hydrogens is 386 g/mol. The number of hydrogen-bond acceptors (Lipinski definition) is 7. The van der Waals surface area contributed by atoms with Gasteiger partial charge < -0.3 is 23.7 Å². The summed E-state index contributed by atoms with van der Waals surface area (Å²) in [6.07, 6.45) is 4.17. The highest BCUT2D eigenvalue weighted by atomic mass is 16.7. The molecule has 154 valence electrons. The van der Waals surface area contributed by atoms with E-state index in [4.69, 9.17) is 23.7 Å². The molecule has 0 unspecified atom stereocenters. The van der Waals surface area contributed by atoms with Gasteiger partial charge >= 0.3 is 0 Å². The highest BCUT2D eigenvalue weighted by Gasteiger charge is 2.34. The normalized spacial score (nSPS) is 23.3. The summed E-state index contributed by atoms with van der Waals surface area (Å²) in [4.78, 5) is 15.2. The van der Waals surface area contributed by atoms with E-state index in [1.165, 1.54) is 0 Å². The van der Waals surface area contributed by atoms with Gasteiger partial charge in [-0.15, -0.1) is 0 Å². The summed E-state index contributed by atoms with van der Waals surface area (Å²) in [5, 5.41) is 0. The molecule has 30 heavy (non-hydrogen) atoms. The minimum absolute atomic E-state index is 0.123. The number of hydrogen-bond donors (Lipinski definition) is 0. The van der Waals surface area contributed by atoms with Crippen molar-refractivity contribution in [2.75, 3.05) is 26.7 Å². The quantitative estimate of drug-likeness (QED) is 0.723. The Labute approximate surface area is 173 Å². The van der Waals surface area contributed by atoms with Crippen LogP contribution in [0.2, 0.25) is 0 Å². The average molecular weight is 407 g/mol. The second kappa shape index (κ2) is 7.04. The predicted octanol–water partition coefficient (Wildman–Crippen LogP) is 3.36. The molecule has 4 aliphatic rings. The summed E-state index contributed by atoms with van der Waals surface area (Å²) < 4.78 is 28.5. The molecular formula is C23H21NO6. The molecule has 1 fully saturated rings. The van der Waals surface area contributed by atoms with Crippen molar-refractivity contribution in [2.24, 2.45) is 0 Å². The van der Waals surface area contributed by atoms with Crippen molar-refractivity contribution in [1.82, 2.24) is 4.90 Å². The average Bonchev–Trinajstić information content (AvgIpc) is 3.50. The molecule has 0 spiro atoms. The van der Waals surface area contributed by atoms with Gasteiger partial charge in [-0.05, 0) is 48.7 Å². The zero-order chi connectivity index (χ0) is 20.1. The van der Waals surface area contributed by atoms with Gasteiger partial charge in [0.05, 0.1) is 17.2 Å². The van der Waals surface area contributed by atoms with Gasteiger partial charge in [-0.2, -0.15) is 0 Å². The topological polar surface area (TPSA) is 66.5 Å². The number of fused-ring (bicyclic) bond motifs is 4. The molecule has 0 aliphatic carbocycles. The highest BCUT2D eigenvalue weighted by molar-refractivity contribution is 6.15. The van der Waals surface area contributed by atoms with Crippen molar-refractivity contribution in [2.45, 2.75) is 25.5 Å². The van der Waals surface area contributed by atoms with Crippen LogP contribution in [0.15, 0.2) is 36.1 Å². The minimum atomic E-state index is -0.123. The van der Waals surface area contributed by atoms with Crippen LogP contribution < -0.4 is 18.9 Å². The third kappa shape index (κ3) is 3.02. The van der Waals surface area contributed by atoms with Crippen LogP contribution in [0.1, 0.15) is 34.3 Å². The number of benzene rings is 2. The van der Waals surface area contributed by atoms with Gasteiger partial charge in [0.15, 0.2) is 17.3 Å². The summed E-state index contributed by atoms with van der Waals surface area (Å²) in [7, 11) is 0. The van der Waals surface area contributed by atoms with Crippen molar-refractivity contribution < 1.29 is 28.5 Å². The molecule has 0 N–H and O–H groups in total. The molecule has 0 amide bonds. The smallest absolute Gasteiger partial charge is 0.231 e. The zero-order valence-electron chi connectivity index (χ0n) is 16.4. The monoisotopic (exact) mass is 407 g/mol. The second-order valence-electron chi connectivity index (χ2n) is 7.89. The minimum Gasteiger partial charge on any atom is -0.478 e. The number of allylic oxidation sites excluding steroid dienone is 1. The molecule has 1 atom stereocenters. The Bertz CT molecular complexity index is 1060. The van der Waals surface area contributed by atoms with Gasteiger partial charge in [-0.25, -0.2) is 0 Å². The first-order valence-corrected chi connectivity index (χ1v) is 10.2. The van der Waals surface area contributed by atoms with Gasteiger partial charge in [0.2, 0.25) is 12.6 Å². The lowest BCUT2D eigenvalue weighted by molar-refractivity contribution is 0.0274. The SMILES string of the molecule is O=C1C(=Cc2ccc3c(c2)OCO3)Oc2c1ccc1c2CN(C[C@@H]2CCCO2)CO1. The number of carbonyl (C=O) groups excluding carboxylic acids is 1. The van der Waals surface area contributed by atoms with E-state index in [-0.39, 0.29) is 18.7 Å². The third-order valence-electron chi connectivity index (χ3n) is 5.86. The fourth-order valence-corrected chi connectivity index (χ4v) is 4.35. The highest BCUT2D eigenvalue weighted by Crippen LogP contribution is 2.42. The first kappa shape index (κ1) is 17.8. The number of ether oxygens (including phenoxy) is 5. The molecule has 4 heterocycles. The Morgan fingerprint density at radius 1 is 1.07 bits per heavy atom. The number of Topliss-reactive ketones (excluding diaryl/α,β-unsaturated/α-hetero) is 1. The fraction of sp³-hybridized carbons (Fsp3) is 0.348. The van der Waals surface area contributed by atoms with Crippen LogP contribution in [0.25, 0.3) is 6.08 Å². The van der Waals surface area contributed by atoms with Crippen molar-refractivity contribution in [3.05, 3.63) is 52.8 Å². The number of carbonyl (C=O) groups is 1. The molecule has 0 radical (unpaired) electrons. The lowest BCUT2D eigenvalue weighted by Crippen LogP contribution is -2.37. The molecule has 4 aliphatic heterocycles. The summed E-state index contributed by atoms with van der Waals surface area (Å²) in [6.45, 7) is 3.04. The number of rotatable bonds is 3. The molecule has 0 aromatic heterocycles.